The molecule has 2 aromatic rings. The summed E-state index contributed by atoms with van der Waals surface area (Å²) in [5.41, 5.74) is 0.248. The minimum absolute atomic E-state index is 0.00130. The third-order valence-corrected chi connectivity index (χ3v) is 3.78. The molecule has 0 aromatic carbocycles. The van der Waals surface area contributed by atoms with E-state index >= 15 is 0 Å². The van der Waals surface area contributed by atoms with E-state index in [4.69, 9.17) is 0 Å². The quantitative estimate of drug-likeness (QED) is 0.870. The largest absolute Gasteiger partial charge is 0.451 e. The molecule has 0 aliphatic carbocycles. The number of hydrogen-bond donors (Lipinski definition) is 1. The average Bonchev–Trinajstić information content (AvgIpc) is 2.84. The monoisotopic (exact) mass is 302 g/mol. The van der Waals surface area contributed by atoms with E-state index in [1.165, 1.54) is 17.4 Å². The van der Waals surface area contributed by atoms with Crippen LogP contribution in [0.3, 0.4) is 0 Å². The van der Waals surface area contributed by atoms with Crippen LogP contribution in [-0.4, -0.2) is 35.5 Å². The highest BCUT2D eigenvalue weighted by Gasteiger charge is 2.36. The summed E-state index contributed by atoms with van der Waals surface area (Å²) in [7, 11) is 0. The average molecular weight is 302 g/mol. The Labute approximate surface area is 115 Å². The Balaban J connectivity index is 2.12. The van der Waals surface area contributed by atoms with Gasteiger partial charge in [-0.2, -0.15) is 13.2 Å². The molecule has 2 aromatic heterocycles. The van der Waals surface area contributed by atoms with Gasteiger partial charge in [0.15, 0.2) is 5.82 Å². The first kappa shape index (κ1) is 13.1. The predicted octanol–water partition coefficient (Wildman–Crippen LogP) is 1.65. The van der Waals surface area contributed by atoms with Crippen molar-refractivity contribution in [3.05, 3.63) is 17.3 Å². The summed E-state index contributed by atoms with van der Waals surface area (Å²) in [6.45, 7) is 0.811. The van der Waals surface area contributed by atoms with E-state index in [9.17, 15) is 18.0 Å². The van der Waals surface area contributed by atoms with Gasteiger partial charge in [-0.15, -0.1) is 11.3 Å². The number of aromatic nitrogens is 2. The van der Waals surface area contributed by atoms with Gasteiger partial charge in [0.25, 0.3) is 0 Å². The van der Waals surface area contributed by atoms with Crippen molar-refractivity contribution in [1.82, 2.24) is 15.3 Å². The highest BCUT2D eigenvalue weighted by Crippen LogP contribution is 2.34. The van der Waals surface area contributed by atoms with E-state index in [0.717, 1.165) is 0 Å². The number of nitrogens with zero attached hydrogens (tertiary/aromatic N) is 3. The van der Waals surface area contributed by atoms with Crippen molar-refractivity contribution in [2.75, 3.05) is 24.5 Å². The molecule has 0 saturated carbocycles. The second-order valence-electron chi connectivity index (χ2n) is 4.28. The van der Waals surface area contributed by atoms with E-state index in [2.05, 4.69) is 15.3 Å². The fourth-order valence-corrected chi connectivity index (χ4v) is 2.86. The number of amides is 1. The van der Waals surface area contributed by atoms with Crippen LogP contribution in [0.15, 0.2) is 11.4 Å². The minimum Gasteiger partial charge on any atom is -0.353 e. The first-order valence-electron chi connectivity index (χ1n) is 5.79. The molecule has 1 aliphatic heterocycles. The van der Waals surface area contributed by atoms with Gasteiger partial charge >= 0.3 is 6.18 Å². The number of thiophene rings is 1. The van der Waals surface area contributed by atoms with Crippen LogP contribution in [0.25, 0.3) is 10.2 Å². The molecule has 1 amide bonds. The maximum absolute atomic E-state index is 12.8. The smallest absolute Gasteiger partial charge is 0.353 e. The zero-order valence-electron chi connectivity index (χ0n) is 10.1. The second kappa shape index (κ2) is 4.58. The van der Waals surface area contributed by atoms with Gasteiger partial charge in [-0.1, -0.05) is 0 Å². The highest BCUT2D eigenvalue weighted by molar-refractivity contribution is 7.17. The van der Waals surface area contributed by atoms with E-state index in [0.29, 0.717) is 17.8 Å². The Bertz CT molecular complexity index is 669. The fourth-order valence-electron chi connectivity index (χ4n) is 2.01. The van der Waals surface area contributed by atoms with Gasteiger partial charge in [-0.25, -0.2) is 9.97 Å². The van der Waals surface area contributed by atoms with Gasteiger partial charge in [0, 0.05) is 13.1 Å². The van der Waals surface area contributed by atoms with Crippen LogP contribution in [0.2, 0.25) is 0 Å². The standard InChI is InChI=1S/C11H9F3N4OS/c12-11(13,14)10-16-6-1-4-20-8(6)9(17-10)18-3-2-15-7(19)5-18/h1,4H,2-3,5H2,(H,15,19). The molecule has 1 N–H and O–H groups in total. The number of nitrogens with one attached hydrogen (secondary N) is 1. The van der Waals surface area contributed by atoms with Gasteiger partial charge < -0.3 is 10.2 Å². The highest BCUT2D eigenvalue weighted by atomic mass is 32.1. The van der Waals surface area contributed by atoms with E-state index in [1.807, 2.05) is 0 Å². The molecular formula is C11H9F3N4OS. The van der Waals surface area contributed by atoms with Crippen molar-refractivity contribution < 1.29 is 18.0 Å². The van der Waals surface area contributed by atoms with Gasteiger partial charge in [-0.05, 0) is 11.4 Å². The topological polar surface area (TPSA) is 58.1 Å². The second-order valence-corrected chi connectivity index (χ2v) is 5.19. The van der Waals surface area contributed by atoms with Gasteiger partial charge in [0.1, 0.15) is 0 Å². The number of piperazine rings is 1. The lowest BCUT2D eigenvalue weighted by molar-refractivity contribution is -0.144. The molecule has 0 unspecified atom stereocenters. The number of anilines is 1. The summed E-state index contributed by atoms with van der Waals surface area (Å²) in [6, 6.07) is 1.52. The summed E-state index contributed by atoms with van der Waals surface area (Å²) in [5.74, 6) is -1.23. The number of halogens is 3. The number of rotatable bonds is 1. The van der Waals surface area contributed by atoms with Crippen molar-refractivity contribution in [3.63, 3.8) is 0 Å². The van der Waals surface area contributed by atoms with E-state index < -0.39 is 12.0 Å². The summed E-state index contributed by atoms with van der Waals surface area (Å²) in [6.07, 6.45) is -4.61. The Morgan fingerprint density at radius 3 is 2.85 bits per heavy atom. The molecule has 0 radical (unpaired) electrons. The van der Waals surface area contributed by atoms with Gasteiger partial charge in [-0.3, -0.25) is 4.79 Å². The molecule has 1 aliphatic rings. The fraction of sp³-hybridized carbons (Fsp3) is 0.364. The zero-order valence-corrected chi connectivity index (χ0v) is 10.9. The minimum atomic E-state index is -4.61. The lowest BCUT2D eigenvalue weighted by atomic mass is 10.3. The van der Waals surface area contributed by atoms with Gasteiger partial charge in [0.2, 0.25) is 11.7 Å². The van der Waals surface area contributed by atoms with Crippen LogP contribution in [0, 0.1) is 0 Å². The molecule has 0 bridgehead atoms. The summed E-state index contributed by atoms with van der Waals surface area (Å²) in [4.78, 5) is 20.1. The Kier molecular flexibility index (Phi) is 3.00. The molecule has 3 heterocycles. The van der Waals surface area contributed by atoms with Crippen molar-refractivity contribution in [2.24, 2.45) is 0 Å². The van der Waals surface area contributed by atoms with E-state index in [-0.39, 0.29) is 23.8 Å². The maximum Gasteiger partial charge on any atom is 0.451 e. The summed E-state index contributed by atoms with van der Waals surface area (Å²) >= 11 is 1.26. The predicted molar refractivity (Wildman–Crippen MR) is 67.6 cm³/mol. The summed E-state index contributed by atoms with van der Waals surface area (Å²) in [5, 5.41) is 4.29. The zero-order chi connectivity index (χ0) is 14.3. The van der Waals surface area contributed by atoms with Crippen LogP contribution >= 0.6 is 11.3 Å². The molecule has 1 saturated heterocycles. The third-order valence-electron chi connectivity index (χ3n) is 2.88. The molecule has 1 fully saturated rings. The Hall–Kier alpha value is -1.90. The maximum atomic E-state index is 12.8. The molecule has 9 heteroatoms. The van der Waals surface area contributed by atoms with Gasteiger partial charge in [0.05, 0.1) is 16.8 Å². The number of carbonyl (C=O) groups is 1. The molecule has 20 heavy (non-hydrogen) atoms. The lowest BCUT2D eigenvalue weighted by Crippen LogP contribution is -2.48. The van der Waals surface area contributed by atoms with Crippen molar-refractivity contribution in [1.29, 1.82) is 0 Å². The van der Waals surface area contributed by atoms with Crippen molar-refractivity contribution in [2.45, 2.75) is 6.18 Å². The Morgan fingerprint density at radius 2 is 2.15 bits per heavy atom. The summed E-state index contributed by atoms with van der Waals surface area (Å²) < 4.78 is 39.0. The number of hydrogen-bond acceptors (Lipinski definition) is 5. The molecular weight excluding hydrogens is 293 g/mol. The van der Waals surface area contributed by atoms with Crippen LogP contribution in [0.4, 0.5) is 19.0 Å². The van der Waals surface area contributed by atoms with Crippen molar-refractivity contribution >= 4 is 33.3 Å². The van der Waals surface area contributed by atoms with Crippen LogP contribution in [0.1, 0.15) is 5.82 Å². The number of alkyl halides is 3. The molecule has 0 atom stereocenters. The molecule has 0 spiro atoms. The number of fused-ring (bicyclic) bond motifs is 1. The lowest BCUT2D eigenvalue weighted by Gasteiger charge is -2.28. The first-order chi connectivity index (χ1) is 9.45. The Morgan fingerprint density at radius 1 is 1.35 bits per heavy atom. The number of carbonyl (C=O) groups excluding carboxylic acids is 1. The van der Waals surface area contributed by atoms with Crippen LogP contribution in [0.5, 0.6) is 0 Å². The van der Waals surface area contributed by atoms with E-state index in [1.54, 1.807) is 10.3 Å². The normalized spacial score (nSPS) is 16.6. The van der Waals surface area contributed by atoms with Crippen molar-refractivity contribution in [3.8, 4) is 0 Å². The molecule has 5 nitrogen and oxygen atoms in total. The SMILES string of the molecule is O=C1CN(c2nc(C(F)(F)F)nc3ccsc23)CCN1. The molecule has 3 rings (SSSR count). The van der Waals surface area contributed by atoms with Crippen LogP contribution < -0.4 is 10.2 Å². The first-order valence-corrected chi connectivity index (χ1v) is 6.67. The van der Waals surface area contributed by atoms with Crippen LogP contribution in [-0.2, 0) is 11.0 Å². The molecule has 106 valence electrons. The third kappa shape index (κ3) is 2.28.